The average Bonchev–Trinajstić information content (AvgIpc) is 2.67. The maximum Gasteiger partial charge on any atom is 0.417 e. The van der Waals surface area contributed by atoms with Crippen molar-refractivity contribution in [3.63, 3.8) is 0 Å². The summed E-state index contributed by atoms with van der Waals surface area (Å²) in [6, 6.07) is 9.74. The van der Waals surface area contributed by atoms with Gasteiger partial charge >= 0.3 is 6.18 Å². The lowest BCUT2D eigenvalue weighted by Gasteiger charge is -2.17. The van der Waals surface area contributed by atoms with E-state index in [1.165, 1.54) is 13.0 Å². The fourth-order valence-electron chi connectivity index (χ4n) is 2.56. The highest BCUT2D eigenvalue weighted by Gasteiger charge is 2.37. The Morgan fingerprint density at radius 1 is 1.10 bits per heavy atom. The number of amides is 1. The van der Waals surface area contributed by atoms with Crippen LogP contribution in [0.2, 0.25) is 0 Å². The number of carbonyl (C=O) groups is 1. The number of nitrogens with one attached hydrogen (secondary N) is 2. The molecule has 2 N–H and O–H groups in total. The Balaban J connectivity index is 1.98. The summed E-state index contributed by atoms with van der Waals surface area (Å²) in [7, 11) is -3.00. The van der Waals surface area contributed by atoms with Crippen molar-refractivity contribution < 1.29 is 31.1 Å². The number of methoxy groups -OCH3 is 1. The van der Waals surface area contributed by atoms with Crippen LogP contribution in [0, 0.1) is 0 Å². The van der Waals surface area contributed by atoms with E-state index < -0.39 is 38.6 Å². The van der Waals surface area contributed by atoms with E-state index in [-0.39, 0.29) is 6.54 Å². The van der Waals surface area contributed by atoms with E-state index in [2.05, 4.69) is 5.32 Å². The van der Waals surface area contributed by atoms with Gasteiger partial charge in [-0.25, -0.2) is 8.42 Å². The van der Waals surface area contributed by atoms with Crippen LogP contribution >= 0.6 is 0 Å². The first-order valence-corrected chi connectivity index (χ1v) is 10.1. The van der Waals surface area contributed by atoms with Crippen LogP contribution in [0.25, 0.3) is 0 Å². The Morgan fingerprint density at radius 2 is 1.72 bits per heavy atom. The van der Waals surface area contributed by atoms with Crippen molar-refractivity contribution >= 4 is 15.9 Å². The number of halogens is 3. The second-order valence-corrected chi connectivity index (χ2v) is 7.91. The molecule has 6 nitrogen and oxygen atoms in total. The second kappa shape index (κ2) is 9.27. The van der Waals surface area contributed by atoms with E-state index >= 15 is 0 Å². The Kier molecular flexibility index (Phi) is 7.26. The van der Waals surface area contributed by atoms with Crippen LogP contribution < -0.4 is 14.8 Å². The zero-order chi connectivity index (χ0) is 21.7. The maximum atomic E-state index is 13.1. The van der Waals surface area contributed by atoms with Crippen LogP contribution in [-0.2, 0) is 27.4 Å². The lowest BCUT2D eigenvalue weighted by molar-refractivity contribution is -0.139. The predicted molar refractivity (Wildman–Crippen MR) is 101 cm³/mol. The quantitative estimate of drug-likeness (QED) is 0.675. The van der Waals surface area contributed by atoms with E-state index in [4.69, 9.17) is 4.74 Å². The molecule has 0 aliphatic rings. The number of carbonyl (C=O) groups excluding carboxylic acids is 1. The zero-order valence-electron chi connectivity index (χ0n) is 15.8. The van der Waals surface area contributed by atoms with Crippen molar-refractivity contribution in [2.24, 2.45) is 0 Å². The van der Waals surface area contributed by atoms with Crippen LogP contribution in [0.5, 0.6) is 5.75 Å². The lowest BCUT2D eigenvalue weighted by Crippen LogP contribution is -2.45. The van der Waals surface area contributed by atoms with E-state index in [0.29, 0.717) is 18.2 Å². The SMILES string of the molecule is COc1ccc(CCNC(=O)[C@H](C)NS(=O)(=O)c2ccccc2C(F)(F)F)cc1. The van der Waals surface area contributed by atoms with Crippen molar-refractivity contribution in [2.75, 3.05) is 13.7 Å². The third kappa shape index (κ3) is 6.20. The molecule has 2 aromatic rings. The summed E-state index contributed by atoms with van der Waals surface area (Å²) in [5, 5.41) is 2.56. The van der Waals surface area contributed by atoms with Crippen LogP contribution in [-0.4, -0.2) is 34.0 Å². The van der Waals surface area contributed by atoms with Gasteiger partial charge in [0, 0.05) is 6.54 Å². The first-order valence-electron chi connectivity index (χ1n) is 8.64. The van der Waals surface area contributed by atoms with Gasteiger partial charge in [-0.2, -0.15) is 17.9 Å². The largest absolute Gasteiger partial charge is 0.497 e. The molecule has 29 heavy (non-hydrogen) atoms. The van der Waals surface area contributed by atoms with Gasteiger partial charge in [0.25, 0.3) is 0 Å². The predicted octanol–water partition coefficient (Wildman–Crippen LogP) is 2.74. The van der Waals surface area contributed by atoms with Gasteiger partial charge in [0.15, 0.2) is 0 Å². The molecule has 0 heterocycles. The molecular formula is C19H21F3N2O4S. The van der Waals surface area contributed by atoms with Gasteiger partial charge in [0.1, 0.15) is 5.75 Å². The van der Waals surface area contributed by atoms with Gasteiger partial charge in [0.2, 0.25) is 15.9 Å². The highest BCUT2D eigenvalue weighted by Crippen LogP contribution is 2.33. The summed E-state index contributed by atoms with van der Waals surface area (Å²) in [5.41, 5.74) is -0.363. The molecule has 0 aliphatic carbocycles. The molecule has 0 saturated carbocycles. The third-order valence-electron chi connectivity index (χ3n) is 4.08. The Hall–Kier alpha value is -2.59. The van der Waals surface area contributed by atoms with Crippen LogP contribution in [0.4, 0.5) is 13.2 Å². The third-order valence-corrected chi connectivity index (χ3v) is 5.68. The molecule has 2 aromatic carbocycles. The van der Waals surface area contributed by atoms with Gasteiger partial charge in [-0.05, 0) is 43.2 Å². The van der Waals surface area contributed by atoms with E-state index in [9.17, 15) is 26.4 Å². The molecule has 158 valence electrons. The molecule has 0 radical (unpaired) electrons. The fourth-order valence-corrected chi connectivity index (χ4v) is 3.99. The number of sulfonamides is 1. The van der Waals surface area contributed by atoms with Crippen molar-refractivity contribution in [3.05, 3.63) is 59.7 Å². The highest BCUT2D eigenvalue weighted by molar-refractivity contribution is 7.89. The minimum atomic E-state index is -4.84. The van der Waals surface area contributed by atoms with Crippen molar-refractivity contribution in [1.82, 2.24) is 10.0 Å². The van der Waals surface area contributed by atoms with Crippen LogP contribution in [0.3, 0.4) is 0 Å². The monoisotopic (exact) mass is 430 g/mol. The van der Waals surface area contributed by atoms with E-state index in [0.717, 1.165) is 17.7 Å². The van der Waals surface area contributed by atoms with E-state index in [1.54, 1.807) is 19.2 Å². The summed E-state index contributed by atoms with van der Waals surface area (Å²) >= 11 is 0. The summed E-state index contributed by atoms with van der Waals surface area (Å²) in [6.45, 7) is 1.49. The number of ether oxygens (including phenoxy) is 1. The Labute approximate surface area is 167 Å². The number of alkyl halides is 3. The lowest BCUT2D eigenvalue weighted by atomic mass is 10.1. The van der Waals surface area contributed by atoms with Gasteiger partial charge in [-0.15, -0.1) is 0 Å². The number of hydrogen-bond acceptors (Lipinski definition) is 4. The first kappa shape index (κ1) is 22.7. The average molecular weight is 430 g/mol. The molecule has 10 heteroatoms. The van der Waals surface area contributed by atoms with Crippen LogP contribution in [0.15, 0.2) is 53.4 Å². The molecular weight excluding hydrogens is 409 g/mol. The van der Waals surface area contributed by atoms with Gasteiger partial charge < -0.3 is 10.1 Å². The Morgan fingerprint density at radius 3 is 2.31 bits per heavy atom. The molecule has 2 rings (SSSR count). The van der Waals surface area contributed by atoms with Gasteiger partial charge in [0.05, 0.1) is 23.6 Å². The molecule has 0 bridgehead atoms. The summed E-state index contributed by atoms with van der Waals surface area (Å²) in [6.07, 6.45) is -4.35. The standard InChI is InChI=1S/C19H21F3N2O4S/c1-13(18(25)23-12-11-14-7-9-15(28-2)10-8-14)24-29(26,27)17-6-4-3-5-16(17)19(20,21)22/h3-10,13,24H,11-12H2,1-2H3,(H,23,25)/t13-/m0/s1. The second-order valence-electron chi connectivity index (χ2n) is 6.23. The molecule has 0 aromatic heterocycles. The molecule has 0 fully saturated rings. The van der Waals surface area contributed by atoms with Crippen molar-refractivity contribution in [3.8, 4) is 5.75 Å². The molecule has 1 atom stereocenters. The fraction of sp³-hybridized carbons (Fsp3) is 0.316. The number of hydrogen-bond donors (Lipinski definition) is 2. The van der Waals surface area contributed by atoms with Gasteiger partial charge in [-0.3, -0.25) is 4.79 Å². The Bertz CT molecular complexity index is 945. The smallest absolute Gasteiger partial charge is 0.417 e. The van der Waals surface area contributed by atoms with Crippen LogP contribution in [0.1, 0.15) is 18.1 Å². The van der Waals surface area contributed by atoms with Crippen molar-refractivity contribution in [2.45, 2.75) is 30.5 Å². The normalized spacial score (nSPS) is 13.0. The zero-order valence-corrected chi connectivity index (χ0v) is 16.6. The first-order chi connectivity index (χ1) is 13.5. The minimum absolute atomic E-state index is 0.233. The molecule has 0 saturated heterocycles. The van der Waals surface area contributed by atoms with Crippen molar-refractivity contribution in [1.29, 1.82) is 0 Å². The topological polar surface area (TPSA) is 84.5 Å². The number of rotatable bonds is 8. The van der Waals surface area contributed by atoms with E-state index in [1.807, 2.05) is 16.9 Å². The minimum Gasteiger partial charge on any atom is -0.497 e. The summed E-state index contributed by atoms with van der Waals surface area (Å²) in [5.74, 6) is 0.0477. The summed E-state index contributed by atoms with van der Waals surface area (Å²) in [4.78, 5) is 11.2. The molecule has 0 unspecified atom stereocenters. The number of benzene rings is 2. The molecule has 1 amide bonds. The van der Waals surface area contributed by atoms with Gasteiger partial charge in [-0.1, -0.05) is 24.3 Å². The molecule has 0 spiro atoms. The summed E-state index contributed by atoms with van der Waals surface area (Å²) < 4.78 is 71.0. The molecule has 0 aliphatic heterocycles. The maximum absolute atomic E-state index is 13.1. The highest BCUT2D eigenvalue weighted by atomic mass is 32.2.